The number of hydrogen-bond acceptors (Lipinski definition) is 4. The van der Waals surface area contributed by atoms with Crippen molar-refractivity contribution < 1.29 is 13.6 Å². The molecule has 1 saturated carbocycles. The number of amides is 1. The first kappa shape index (κ1) is 15.5. The molecule has 1 aliphatic carbocycles. The van der Waals surface area contributed by atoms with Gasteiger partial charge in [-0.2, -0.15) is 0 Å². The standard InChI is InChI=1S/C19H16FN3O2/c1-11-6-7-12(19-23-21-10-25-19)8-17(11)22-18(24)15-9-14(15)13-4-2-3-5-16(13)20/h2-8,10,14-15H,9H2,1H3,(H,22,24)/t14-,15-/m0/s1. The Kier molecular flexibility index (Phi) is 3.80. The van der Waals surface area contributed by atoms with E-state index in [1.165, 1.54) is 12.5 Å². The number of carbonyl (C=O) groups is 1. The highest BCUT2D eigenvalue weighted by molar-refractivity contribution is 5.96. The smallest absolute Gasteiger partial charge is 0.247 e. The van der Waals surface area contributed by atoms with E-state index in [4.69, 9.17) is 4.42 Å². The highest BCUT2D eigenvalue weighted by Gasteiger charge is 2.45. The van der Waals surface area contributed by atoms with Crippen LogP contribution in [0.15, 0.2) is 53.3 Å². The molecule has 0 aliphatic heterocycles. The van der Waals surface area contributed by atoms with Gasteiger partial charge in [-0.15, -0.1) is 10.2 Å². The number of halogens is 1. The summed E-state index contributed by atoms with van der Waals surface area (Å²) >= 11 is 0. The normalized spacial score (nSPS) is 18.8. The van der Waals surface area contributed by atoms with E-state index >= 15 is 0 Å². The fourth-order valence-corrected chi connectivity index (χ4v) is 3.02. The molecule has 1 heterocycles. The maximum Gasteiger partial charge on any atom is 0.247 e. The average Bonchev–Trinajstić information content (AvgIpc) is 3.21. The molecular formula is C19H16FN3O2. The van der Waals surface area contributed by atoms with Gasteiger partial charge in [-0.05, 0) is 48.6 Å². The van der Waals surface area contributed by atoms with Crippen molar-refractivity contribution in [3.8, 4) is 11.5 Å². The van der Waals surface area contributed by atoms with Gasteiger partial charge in [0.1, 0.15) is 5.82 Å². The largest absolute Gasteiger partial charge is 0.423 e. The minimum Gasteiger partial charge on any atom is -0.423 e. The molecule has 4 rings (SSSR count). The van der Waals surface area contributed by atoms with Gasteiger partial charge in [0.15, 0.2) is 0 Å². The Morgan fingerprint density at radius 2 is 2.12 bits per heavy atom. The van der Waals surface area contributed by atoms with E-state index in [0.717, 1.165) is 11.1 Å². The van der Waals surface area contributed by atoms with Gasteiger partial charge in [0.2, 0.25) is 18.2 Å². The Morgan fingerprint density at radius 1 is 1.28 bits per heavy atom. The van der Waals surface area contributed by atoms with Gasteiger partial charge in [-0.1, -0.05) is 24.3 Å². The lowest BCUT2D eigenvalue weighted by molar-refractivity contribution is -0.117. The first-order valence-corrected chi connectivity index (χ1v) is 8.06. The van der Waals surface area contributed by atoms with Crippen LogP contribution in [-0.4, -0.2) is 16.1 Å². The Hall–Kier alpha value is -3.02. The SMILES string of the molecule is Cc1ccc(-c2nnco2)cc1NC(=O)[C@H]1C[C@H]1c1ccccc1F. The molecule has 126 valence electrons. The summed E-state index contributed by atoms with van der Waals surface area (Å²) in [5, 5.41) is 10.5. The molecule has 0 bridgehead atoms. The molecule has 25 heavy (non-hydrogen) atoms. The quantitative estimate of drug-likeness (QED) is 0.783. The van der Waals surface area contributed by atoms with Gasteiger partial charge in [-0.3, -0.25) is 4.79 Å². The molecule has 1 amide bonds. The zero-order chi connectivity index (χ0) is 17.4. The lowest BCUT2D eigenvalue weighted by Crippen LogP contribution is -2.15. The predicted molar refractivity (Wildman–Crippen MR) is 90.3 cm³/mol. The van der Waals surface area contributed by atoms with Crippen molar-refractivity contribution in [2.24, 2.45) is 5.92 Å². The molecule has 0 unspecified atom stereocenters. The maximum atomic E-state index is 13.9. The molecule has 1 aromatic heterocycles. The van der Waals surface area contributed by atoms with Gasteiger partial charge in [0.05, 0.1) is 0 Å². The summed E-state index contributed by atoms with van der Waals surface area (Å²) in [5.41, 5.74) is 2.97. The van der Waals surface area contributed by atoms with Crippen molar-refractivity contribution in [3.05, 3.63) is 65.8 Å². The molecule has 1 aliphatic rings. The number of benzene rings is 2. The molecule has 1 fully saturated rings. The Morgan fingerprint density at radius 3 is 2.88 bits per heavy atom. The van der Waals surface area contributed by atoms with Crippen molar-refractivity contribution in [3.63, 3.8) is 0 Å². The minimum atomic E-state index is -0.252. The number of rotatable bonds is 4. The lowest BCUT2D eigenvalue weighted by Gasteiger charge is -2.10. The molecule has 6 heteroatoms. The van der Waals surface area contributed by atoms with Gasteiger partial charge >= 0.3 is 0 Å². The van der Waals surface area contributed by atoms with E-state index in [1.807, 2.05) is 19.1 Å². The second-order valence-corrected chi connectivity index (χ2v) is 6.23. The van der Waals surface area contributed by atoms with Crippen LogP contribution in [0.25, 0.3) is 11.5 Å². The fourth-order valence-electron chi connectivity index (χ4n) is 3.02. The van der Waals surface area contributed by atoms with E-state index in [2.05, 4.69) is 15.5 Å². The van der Waals surface area contributed by atoms with Crippen LogP contribution in [0.1, 0.15) is 23.5 Å². The monoisotopic (exact) mass is 337 g/mol. The molecule has 5 nitrogen and oxygen atoms in total. The van der Waals surface area contributed by atoms with Crippen LogP contribution < -0.4 is 5.32 Å². The number of hydrogen-bond donors (Lipinski definition) is 1. The van der Waals surface area contributed by atoms with Crippen LogP contribution in [0.2, 0.25) is 0 Å². The van der Waals surface area contributed by atoms with Gasteiger partial charge in [0, 0.05) is 17.2 Å². The molecule has 3 aromatic rings. The minimum absolute atomic E-state index is 0.0550. The zero-order valence-corrected chi connectivity index (χ0v) is 13.6. The first-order valence-electron chi connectivity index (χ1n) is 8.06. The molecule has 0 spiro atoms. The van der Waals surface area contributed by atoms with Crippen LogP contribution in [0, 0.1) is 18.7 Å². The van der Waals surface area contributed by atoms with E-state index in [-0.39, 0.29) is 23.6 Å². The van der Waals surface area contributed by atoms with E-state index < -0.39 is 0 Å². The van der Waals surface area contributed by atoms with Crippen LogP contribution >= 0.6 is 0 Å². The molecular weight excluding hydrogens is 321 g/mol. The third kappa shape index (κ3) is 3.03. The van der Waals surface area contributed by atoms with Gasteiger partial charge in [0.25, 0.3) is 0 Å². The number of nitrogens with zero attached hydrogens (tertiary/aromatic N) is 2. The Bertz CT molecular complexity index is 924. The molecule has 0 saturated heterocycles. The number of aryl methyl sites for hydroxylation is 1. The summed E-state index contributed by atoms with van der Waals surface area (Å²) in [6.45, 7) is 1.91. The third-order valence-corrected chi connectivity index (χ3v) is 4.53. The second-order valence-electron chi connectivity index (χ2n) is 6.23. The summed E-state index contributed by atoms with van der Waals surface area (Å²) in [6.07, 6.45) is 1.92. The highest BCUT2D eigenvalue weighted by Crippen LogP contribution is 2.48. The Labute approximate surface area is 143 Å². The molecule has 2 atom stereocenters. The predicted octanol–water partition coefficient (Wildman–Crippen LogP) is 3.93. The van der Waals surface area contributed by atoms with Crippen molar-refractivity contribution in [1.29, 1.82) is 0 Å². The average molecular weight is 337 g/mol. The van der Waals surface area contributed by atoms with Crippen LogP contribution in [0.4, 0.5) is 10.1 Å². The first-order chi connectivity index (χ1) is 12.1. The third-order valence-electron chi connectivity index (χ3n) is 4.53. The summed E-state index contributed by atoms with van der Waals surface area (Å²) < 4.78 is 19.1. The summed E-state index contributed by atoms with van der Waals surface area (Å²) in [7, 11) is 0. The molecule has 0 radical (unpaired) electrons. The number of nitrogens with one attached hydrogen (secondary N) is 1. The Balaban J connectivity index is 1.50. The van der Waals surface area contributed by atoms with Crippen molar-refractivity contribution >= 4 is 11.6 Å². The molecule has 1 N–H and O–H groups in total. The van der Waals surface area contributed by atoms with E-state index in [1.54, 1.807) is 24.3 Å². The van der Waals surface area contributed by atoms with Gasteiger partial charge in [-0.25, -0.2) is 4.39 Å². The lowest BCUT2D eigenvalue weighted by atomic mass is 10.1. The van der Waals surface area contributed by atoms with Crippen molar-refractivity contribution in [2.45, 2.75) is 19.3 Å². The highest BCUT2D eigenvalue weighted by atomic mass is 19.1. The van der Waals surface area contributed by atoms with Crippen LogP contribution in [-0.2, 0) is 4.79 Å². The summed E-state index contributed by atoms with van der Waals surface area (Å²) in [5.74, 6) is -0.216. The van der Waals surface area contributed by atoms with Crippen LogP contribution in [0.5, 0.6) is 0 Å². The van der Waals surface area contributed by atoms with E-state index in [0.29, 0.717) is 23.6 Å². The zero-order valence-electron chi connectivity index (χ0n) is 13.6. The number of carbonyl (C=O) groups excluding carboxylic acids is 1. The summed E-state index contributed by atoms with van der Waals surface area (Å²) in [6, 6.07) is 12.2. The topological polar surface area (TPSA) is 68.0 Å². The van der Waals surface area contributed by atoms with Gasteiger partial charge < -0.3 is 9.73 Å². The molecule has 2 aromatic carbocycles. The number of anilines is 1. The van der Waals surface area contributed by atoms with Crippen LogP contribution in [0.3, 0.4) is 0 Å². The second kappa shape index (κ2) is 6.12. The maximum absolute atomic E-state index is 13.9. The van der Waals surface area contributed by atoms with Crippen molar-refractivity contribution in [2.75, 3.05) is 5.32 Å². The fraction of sp³-hybridized carbons (Fsp3) is 0.211. The number of aromatic nitrogens is 2. The van der Waals surface area contributed by atoms with Crippen molar-refractivity contribution in [1.82, 2.24) is 10.2 Å². The van der Waals surface area contributed by atoms with E-state index in [9.17, 15) is 9.18 Å². The summed E-state index contributed by atoms with van der Waals surface area (Å²) in [4.78, 5) is 12.5.